The minimum atomic E-state index is -1.11. The number of ether oxygens (including phenoxy) is 1. The van der Waals surface area contributed by atoms with Crippen LogP contribution in [0.25, 0.3) is 0 Å². The molecule has 1 rings (SSSR count). The van der Waals surface area contributed by atoms with Gasteiger partial charge in [-0.05, 0) is 18.2 Å². The van der Waals surface area contributed by atoms with Gasteiger partial charge in [0.15, 0.2) is 0 Å². The topological polar surface area (TPSA) is 46.5 Å². The van der Waals surface area contributed by atoms with E-state index in [1.54, 1.807) is 18.2 Å². The van der Waals surface area contributed by atoms with E-state index in [-0.39, 0.29) is 6.42 Å². The first-order valence-corrected chi connectivity index (χ1v) is 5.49. The normalized spacial score (nSPS) is 11.6. The zero-order chi connectivity index (χ0) is 12.1. The Morgan fingerprint density at radius 2 is 2.38 bits per heavy atom. The van der Waals surface area contributed by atoms with E-state index in [1.807, 2.05) is 0 Å². The highest BCUT2D eigenvalue weighted by molar-refractivity contribution is 9.10. The van der Waals surface area contributed by atoms with Gasteiger partial charge in [-0.3, -0.25) is 0 Å². The first-order chi connectivity index (χ1) is 7.54. The number of rotatable bonds is 4. The molecule has 0 fully saturated rings. The van der Waals surface area contributed by atoms with Crippen LogP contribution in [0.1, 0.15) is 6.42 Å². The fourth-order valence-corrected chi connectivity index (χ4v) is 1.73. The lowest BCUT2D eigenvalue weighted by Crippen LogP contribution is -2.26. The molecule has 0 aliphatic heterocycles. The van der Waals surface area contributed by atoms with Crippen molar-refractivity contribution < 1.29 is 14.6 Å². The molecular weight excluding hydrogens is 295 g/mol. The molecule has 0 bridgehead atoms. The van der Waals surface area contributed by atoms with Gasteiger partial charge in [-0.2, -0.15) is 0 Å². The van der Waals surface area contributed by atoms with Gasteiger partial charge in [-0.1, -0.05) is 27.5 Å². The summed E-state index contributed by atoms with van der Waals surface area (Å²) in [5, 5.41) is 9.17. The van der Waals surface area contributed by atoms with Crippen LogP contribution in [0.3, 0.4) is 0 Å². The maximum Gasteiger partial charge on any atom is 0.345 e. The number of benzene rings is 1. The largest absolute Gasteiger partial charge is 0.478 e. The summed E-state index contributed by atoms with van der Waals surface area (Å²) in [5.41, 5.74) is 0. The predicted molar refractivity (Wildman–Crippen MR) is 64.7 cm³/mol. The number of carboxylic acids is 1. The first-order valence-electron chi connectivity index (χ1n) is 4.32. The summed E-state index contributed by atoms with van der Waals surface area (Å²) in [5.74, 6) is 1.43. The maximum atomic E-state index is 10.8. The molecule has 5 heteroatoms. The molecule has 0 saturated carbocycles. The molecule has 0 amide bonds. The molecule has 0 saturated heterocycles. The van der Waals surface area contributed by atoms with Crippen molar-refractivity contribution in [2.75, 3.05) is 0 Å². The van der Waals surface area contributed by atoms with Gasteiger partial charge in [-0.15, -0.1) is 12.3 Å². The lowest BCUT2D eigenvalue weighted by Gasteiger charge is -2.13. The van der Waals surface area contributed by atoms with Gasteiger partial charge in [0.25, 0.3) is 0 Å². The number of carboxylic acid groups (broad SMARTS) is 1. The monoisotopic (exact) mass is 302 g/mol. The Kier molecular flexibility index (Phi) is 4.66. The van der Waals surface area contributed by atoms with Crippen LogP contribution in [0.15, 0.2) is 22.7 Å². The lowest BCUT2D eigenvalue weighted by atomic mass is 10.2. The fraction of sp³-hybridized carbons (Fsp3) is 0.182. The molecule has 0 aliphatic carbocycles. The van der Waals surface area contributed by atoms with Crippen LogP contribution in [0.4, 0.5) is 0 Å². The van der Waals surface area contributed by atoms with Gasteiger partial charge < -0.3 is 9.84 Å². The maximum absolute atomic E-state index is 10.8. The summed E-state index contributed by atoms with van der Waals surface area (Å²) in [6.45, 7) is 0. The second-order valence-corrected chi connectivity index (χ2v) is 4.25. The van der Waals surface area contributed by atoms with Crippen LogP contribution >= 0.6 is 27.5 Å². The second kappa shape index (κ2) is 5.78. The predicted octanol–water partition coefficient (Wildman–Crippen LogP) is 2.96. The van der Waals surface area contributed by atoms with E-state index in [9.17, 15) is 4.79 Å². The number of hydrogen-bond donors (Lipinski definition) is 1. The molecule has 0 aliphatic rings. The van der Waals surface area contributed by atoms with E-state index in [4.69, 9.17) is 27.9 Å². The zero-order valence-corrected chi connectivity index (χ0v) is 10.5. The Bertz CT molecular complexity index is 439. The summed E-state index contributed by atoms with van der Waals surface area (Å²) in [6.07, 6.45) is 3.96. The summed E-state index contributed by atoms with van der Waals surface area (Å²) in [4.78, 5) is 10.8. The number of hydrogen-bond acceptors (Lipinski definition) is 2. The summed E-state index contributed by atoms with van der Waals surface area (Å²) < 4.78 is 5.99. The molecule has 1 aromatic rings. The summed E-state index contributed by atoms with van der Waals surface area (Å²) >= 11 is 9.11. The minimum Gasteiger partial charge on any atom is -0.478 e. The van der Waals surface area contributed by atoms with E-state index >= 15 is 0 Å². The van der Waals surface area contributed by atoms with Gasteiger partial charge in [-0.25, -0.2) is 4.79 Å². The van der Waals surface area contributed by atoms with Crippen LogP contribution < -0.4 is 4.74 Å². The minimum absolute atomic E-state index is 0.0122. The van der Waals surface area contributed by atoms with Crippen LogP contribution in [-0.2, 0) is 4.79 Å². The fourth-order valence-electron chi connectivity index (χ4n) is 1.01. The molecule has 3 nitrogen and oxygen atoms in total. The lowest BCUT2D eigenvalue weighted by molar-refractivity contribution is -0.144. The first kappa shape index (κ1) is 12.9. The van der Waals surface area contributed by atoms with Crippen molar-refractivity contribution in [1.82, 2.24) is 0 Å². The zero-order valence-electron chi connectivity index (χ0n) is 8.11. The van der Waals surface area contributed by atoms with Gasteiger partial charge in [0.05, 0.1) is 11.4 Å². The Morgan fingerprint density at radius 1 is 1.69 bits per heavy atom. The van der Waals surface area contributed by atoms with Crippen molar-refractivity contribution in [3.05, 3.63) is 27.7 Å². The van der Waals surface area contributed by atoms with Gasteiger partial charge in [0.1, 0.15) is 5.75 Å². The third-order valence-corrected chi connectivity index (χ3v) is 2.53. The number of carbonyl (C=O) groups is 1. The Hall–Kier alpha value is -1.18. The molecule has 1 unspecified atom stereocenters. The van der Waals surface area contributed by atoms with Crippen molar-refractivity contribution in [2.24, 2.45) is 0 Å². The molecule has 1 N–H and O–H groups in total. The molecule has 0 radical (unpaired) electrons. The van der Waals surface area contributed by atoms with E-state index in [0.29, 0.717) is 10.8 Å². The molecule has 16 heavy (non-hydrogen) atoms. The van der Waals surface area contributed by atoms with Crippen molar-refractivity contribution >= 4 is 33.5 Å². The SMILES string of the molecule is C#CCC(Oc1ccc(Br)cc1Cl)C(=O)O. The Labute approximate surface area is 106 Å². The van der Waals surface area contributed by atoms with Crippen molar-refractivity contribution in [1.29, 1.82) is 0 Å². The highest BCUT2D eigenvalue weighted by Gasteiger charge is 2.19. The van der Waals surface area contributed by atoms with E-state index in [0.717, 1.165) is 4.47 Å². The molecule has 1 aromatic carbocycles. The Morgan fingerprint density at radius 3 is 2.88 bits per heavy atom. The van der Waals surface area contributed by atoms with E-state index in [1.165, 1.54) is 0 Å². The van der Waals surface area contributed by atoms with Crippen molar-refractivity contribution in [3.63, 3.8) is 0 Å². The highest BCUT2D eigenvalue weighted by atomic mass is 79.9. The second-order valence-electron chi connectivity index (χ2n) is 2.93. The smallest absolute Gasteiger partial charge is 0.345 e. The van der Waals surface area contributed by atoms with Crippen LogP contribution in [0.2, 0.25) is 5.02 Å². The molecule has 1 atom stereocenters. The van der Waals surface area contributed by atoms with Crippen LogP contribution in [-0.4, -0.2) is 17.2 Å². The number of aliphatic carboxylic acids is 1. The van der Waals surface area contributed by atoms with Gasteiger partial charge in [0.2, 0.25) is 6.10 Å². The highest BCUT2D eigenvalue weighted by Crippen LogP contribution is 2.28. The van der Waals surface area contributed by atoms with Crippen LogP contribution in [0.5, 0.6) is 5.75 Å². The van der Waals surface area contributed by atoms with Crippen LogP contribution in [0, 0.1) is 12.3 Å². The molecular formula is C11H8BrClO3. The number of terminal acetylenes is 1. The molecule has 0 spiro atoms. The summed E-state index contributed by atoms with van der Waals surface area (Å²) in [6, 6.07) is 4.90. The quantitative estimate of drug-likeness (QED) is 0.870. The molecule has 0 aromatic heterocycles. The third-order valence-electron chi connectivity index (χ3n) is 1.74. The Balaban J connectivity index is 2.86. The number of halogens is 2. The van der Waals surface area contributed by atoms with Gasteiger partial charge in [0, 0.05) is 4.47 Å². The molecule has 84 valence electrons. The molecule has 0 heterocycles. The van der Waals surface area contributed by atoms with E-state index < -0.39 is 12.1 Å². The standard InChI is InChI=1S/C11H8BrClO3/c1-2-3-10(11(14)15)16-9-5-4-7(12)6-8(9)13/h1,4-6,10H,3H2,(H,14,15). The van der Waals surface area contributed by atoms with E-state index in [2.05, 4.69) is 21.9 Å². The average molecular weight is 304 g/mol. The van der Waals surface area contributed by atoms with Crippen molar-refractivity contribution in [3.8, 4) is 18.1 Å². The van der Waals surface area contributed by atoms with Crippen molar-refractivity contribution in [2.45, 2.75) is 12.5 Å². The summed E-state index contributed by atoms with van der Waals surface area (Å²) in [7, 11) is 0. The third kappa shape index (κ3) is 3.44. The average Bonchev–Trinajstić information content (AvgIpc) is 2.20. The van der Waals surface area contributed by atoms with Gasteiger partial charge >= 0.3 is 5.97 Å².